The Hall–Kier alpha value is -1.53. The lowest BCUT2D eigenvalue weighted by Gasteiger charge is -2.05. The van der Waals surface area contributed by atoms with Crippen LogP contribution in [0.1, 0.15) is 0 Å². The first-order valence-corrected chi connectivity index (χ1v) is 6.60. The third-order valence-corrected chi connectivity index (χ3v) is 3.68. The molecule has 2 heterocycles. The second-order valence-corrected chi connectivity index (χ2v) is 5.56. The molecule has 0 fully saturated rings. The van der Waals surface area contributed by atoms with Crippen LogP contribution in [0.2, 0.25) is 5.15 Å². The van der Waals surface area contributed by atoms with E-state index in [9.17, 15) is 8.42 Å². The molecule has 0 amide bonds. The number of sulfonamides is 1. The first-order valence-electron chi connectivity index (χ1n) is 4.74. The number of anilines is 1. The Balaban J connectivity index is 2.26. The summed E-state index contributed by atoms with van der Waals surface area (Å²) in [6.45, 7) is 0. The van der Waals surface area contributed by atoms with Crippen LogP contribution < -0.4 is 4.72 Å². The molecular formula is C10H10ClN3O2S. The molecule has 0 saturated heterocycles. The van der Waals surface area contributed by atoms with E-state index in [4.69, 9.17) is 11.6 Å². The SMILES string of the molecule is Cn1ccc(S(=O)(=O)Nc2ccc(Cl)nc2)c1. The number of aromatic nitrogens is 2. The number of hydrogen-bond acceptors (Lipinski definition) is 3. The standard InChI is InChI=1S/C10H10ClN3O2S/c1-14-5-4-9(7-14)17(15,16)13-8-2-3-10(11)12-6-8/h2-7,13H,1H3. The highest BCUT2D eigenvalue weighted by Gasteiger charge is 2.15. The zero-order valence-corrected chi connectivity index (χ0v) is 10.5. The lowest BCUT2D eigenvalue weighted by atomic mass is 10.4. The van der Waals surface area contributed by atoms with Crippen LogP contribution in [0.3, 0.4) is 0 Å². The van der Waals surface area contributed by atoms with Gasteiger partial charge in [0.1, 0.15) is 10.0 Å². The smallest absolute Gasteiger partial charge is 0.263 e. The van der Waals surface area contributed by atoms with Crippen LogP contribution in [0.15, 0.2) is 41.7 Å². The fraction of sp³-hybridized carbons (Fsp3) is 0.100. The minimum atomic E-state index is -3.56. The van der Waals surface area contributed by atoms with Gasteiger partial charge in [-0.3, -0.25) is 4.72 Å². The molecule has 0 spiro atoms. The van der Waals surface area contributed by atoms with Gasteiger partial charge in [0.25, 0.3) is 10.0 Å². The molecule has 0 radical (unpaired) electrons. The van der Waals surface area contributed by atoms with Gasteiger partial charge in [0.05, 0.1) is 11.9 Å². The van der Waals surface area contributed by atoms with Crippen LogP contribution in [-0.4, -0.2) is 18.0 Å². The predicted molar refractivity (Wildman–Crippen MR) is 65.5 cm³/mol. The van der Waals surface area contributed by atoms with Crippen molar-refractivity contribution in [2.45, 2.75) is 4.90 Å². The largest absolute Gasteiger partial charge is 0.356 e. The number of rotatable bonds is 3. The second kappa shape index (κ2) is 4.38. The lowest BCUT2D eigenvalue weighted by Crippen LogP contribution is -2.12. The summed E-state index contributed by atoms with van der Waals surface area (Å²) in [5, 5.41) is 0.313. The zero-order chi connectivity index (χ0) is 12.5. The summed E-state index contributed by atoms with van der Waals surface area (Å²) in [6, 6.07) is 4.59. The van der Waals surface area contributed by atoms with Crippen LogP contribution in [0.4, 0.5) is 5.69 Å². The van der Waals surface area contributed by atoms with Gasteiger partial charge in [0.2, 0.25) is 0 Å². The van der Waals surface area contributed by atoms with Gasteiger partial charge in [-0.1, -0.05) is 11.6 Å². The third-order valence-electron chi connectivity index (χ3n) is 2.09. The highest BCUT2D eigenvalue weighted by atomic mass is 35.5. The van der Waals surface area contributed by atoms with Crippen molar-refractivity contribution in [3.8, 4) is 0 Å². The molecule has 2 rings (SSSR count). The predicted octanol–water partition coefficient (Wildman–Crippen LogP) is 1.87. The van der Waals surface area contributed by atoms with Gasteiger partial charge in [-0.25, -0.2) is 13.4 Å². The van der Waals surface area contributed by atoms with Crippen molar-refractivity contribution in [2.75, 3.05) is 4.72 Å². The molecule has 1 N–H and O–H groups in total. The average molecular weight is 272 g/mol. The van der Waals surface area contributed by atoms with Gasteiger partial charge in [-0.15, -0.1) is 0 Å². The summed E-state index contributed by atoms with van der Waals surface area (Å²) >= 11 is 5.61. The highest BCUT2D eigenvalue weighted by Crippen LogP contribution is 2.16. The number of halogens is 1. The maximum absolute atomic E-state index is 11.9. The Morgan fingerprint density at radius 2 is 2.12 bits per heavy atom. The van der Waals surface area contributed by atoms with E-state index in [0.717, 1.165) is 0 Å². The minimum Gasteiger partial charge on any atom is -0.356 e. The van der Waals surface area contributed by atoms with Gasteiger partial charge in [0, 0.05) is 19.4 Å². The van der Waals surface area contributed by atoms with Crippen LogP contribution in [0.5, 0.6) is 0 Å². The van der Waals surface area contributed by atoms with Gasteiger partial charge in [0.15, 0.2) is 0 Å². The number of nitrogens with zero attached hydrogens (tertiary/aromatic N) is 2. The van der Waals surface area contributed by atoms with Crippen LogP contribution >= 0.6 is 11.6 Å². The normalized spacial score (nSPS) is 11.4. The van der Waals surface area contributed by atoms with E-state index in [1.54, 1.807) is 23.9 Å². The Labute approximate surface area is 104 Å². The van der Waals surface area contributed by atoms with Crippen LogP contribution in [-0.2, 0) is 17.1 Å². The van der Waals surface area contributed by atoms with Crippen molar-refractivity contribution >= 4 is 27.3 Å². The van der Waals surface area contributed by atoms with Gasteiger partial charge >= 0.3 is 0 Å². The van der Waals surface area contributed by atoms with E-state index in [1.165, 1.54) is 24.5 Å². The monoisotopic (exact) mass is 271 g/mol. The molecular weight excluding hydrogens is 262 g/mol. The quantitative estimate of drug-likeness (QED) is 0.867. The second-order valence-electron chi connectivity index (χ2n) is 3.49. The molecule has 7 heteroatoms. The Kier molecular flexibility index (Phi) is 3.08. The Bertz CT molecular complexity index is 619. The first-order chi connectivity index (χ1) is 7.97. The minimum absolute atomic E-state index is 0.204. The molecule has 2 aromatic rings. The molecule has 17 heavy (non-hydrogen) atoms. The maximum atomic E-state index is 11.9. The number of hydrogen-bond donors (Lipinski definition) is 1. The van der Waals surface area contributed by atoms with Gasteiger partial charge in [-0.2, -0.15) is 0 Å². The topological polar surface area (TPSA) is 64.0 Å². The van der Waals surface area contributed by atoms with Crippen molar-refractivity contribution in [2.24, 2.45) is 7.05 Å². The molecule has 0 unspecified atom stereocenters. The van der Waals surface area contributed by atoms with E-state index in [0.29, 0.717) is 10.8 Å². The fourth-order valence-electron chi connectivity index (χ4n) is 1.29. The third kappa shape index (κ3) is 2.78. The molecule has 0 aromatic carbocycles. The van der Waals surface area contributed by atoms with Crippen LogP contribution in [0, 0.1) is 0 Å². The van der Waals surface area contributed by atoms with Crippen molar-refractivity contribution < 1.29 is 8.42 Å². The fourth-order valence-corrected chi connectivity index (χ4v) is 2.49. The van der Waals surface area contributed by atoms with E-state index < -0.39 is 10.0 Å². The molecule has 2 aromatic heterocycles. The lowest BCUT2D eigenvalue weighted by molar-refractivity contribution is 0.601. The van der Waals surface area contributed by atoms with Crippen LogP contribution in [0.25, 0.3) is 0 Å². The molecule has 0 aliphatic carbocycles. The van der Waals surface area contributed by atoms with E-state index in [1.807, 2.05) is 0 Å². The molecule has 0 saturated carbocycles. The number of pyridine rings is 1. The molecule has 90 valence electrons. The van der Waals surface area contributed by atoms with E-state index in [-0.39, 0.29) is 4.90 Å². The van der Waals surface area contributed by atoms with Crippen molar-refractivity contribution in [1.29, 1.82) is 0 Å². The maximum Gasteiger partial charge on any atom is 0.263 e. The summed E-state index contributed by atoms with van der Waals surface area (Å²) < 4.78 is 27.9. The van der Waals surface area contributed by atoms with E-state index >= 15 is 0 Å². The summed E-state index contributed by atoms with van der Waals surface area (Å²) in [4.78, 5) is 4.00. The molecule has 0 aliphatic heterocycles. The van der Waals surface area contributed by atoms with Gasteiger partial charge in [-0.05, 0) is 18.2 Å². The average Bonchev–Trinajstić information content (AvgIpc) is 2.69. The number of aryl methyl sites for hydroxylation is 1. The van der Waals surface area contributed by atoms with Crippen molar-refractivity contribution in [3.05, 3.63) is 41.9 Å². The summed E-state index contributed by atoms with van der Waals surface area (Å²) in [6.07, 6.45) is 4.54. The molecule has 0 atom stereocenters. The zero-order valence-electron chi connectivity index (χ0n) is 8.96. The van der Waals surface area contributed by atoms with Gasteiger partial charge < -0.3 is 4.57 Å². The molecule has 0 aliphatic rings. The van der Waals surface area contributed by atoms with E-state index in [2.05, 4.69) is 9.71 Å². The Morgan fingerprint density at radius 1 is 1.35 bits per heavy atom. The van der Waals surface area contributed by atoms with Crippen molar-refractivity contribution in [1.82, 2.24) is 9.55 Å². The first kappa shape index (κ1) is 11.9. The molecule has 5 nitrogen and oxygen atoms in total. The summed E-state index contributed by atoms with van der Waals surface area (Å²) in [5.74, 6) is 0. The number of nitrogens with one attached hydrogen (secondary N) is 1. The summed E-state index contributed by atoms with van der Waals surface area (Å²) in [7, 11) is -1.81. The summed E-state index contributed by atoms with van der Waals surface area (Å²) in [5.41, 5.74) is 0.373. The Morgan fingerprint density at radius 3 is 2.65 bits per heavy atom. The van der Waals surface area contributed by atoms with Crippen molar-refractivity contribution in [3.63, 3.8) is 0 Å². The molecule has 0 bridgehead atoms. The highest BCUT2D eigenvalue weighted by molar-refractivity contribution is 7.92.